The van der Waals surface area contributed by atoms with Gasteiger partial charge in [-0.1, -0.05) is 0 Å². The van der Waals surface area contributed by atoms with Gasteiger partial charge in [0.2, 0.25) is 0 Å². The molecular weight excluding hydrogens is 228 g/mol. The van der Waals surface area contributed by atoms with Crippen LogP contribution >= 0.6 is 11.3 Å². The summed E-state index contributed by atoms with van der Waals surface area (Å²) in [7, 11) is 0. The molecule has 3 heteroatoms. The summed E-state index contributed by atoms with van der Waals surface area (Å²) in [5.41, 5.74) is 4.52. The van der Waals surface area contributed by atoms with Crippen LogP contribution in [0.4, 0.5) is 0 Å². The fourth-order valence-corrected chi connectivity index (χ4v) is 3.76. The van der Waals surface area contributed by atoms with Crippen LogP contribution in [-0.2, 0) is 6.42 Å². The Morgan fingerprint density at radius 2 is 2.53 bits per heavy atom. The number of hydrogen-bond donors (Lipinski definition) is 2. The zero-order chi connectivity index (χ0) is 12.1. The highest BCUT2D eigenvalue weighted by molar-refractivity contribution is 7.10. The third-order valence-corrected chi connectivity index (χ3v) is 4.63. The first kappa shape index (κ1) is 12.6. The van der Waals surface area contributed by atoms with Crippen molar-refractivity contribution in [2.75, 3.05) is 0 Å². The third-order valence-electron chi connectivity index (χ3n) is 3.63. The number of hydrazine groups is 1. The number of rotatable bonds is 5. The highest BCUT2D eigenvalue weighted by Crippen LogP contribution is 2.37. The molecule has 0 saturated heterocycles. The van der Waals surface area contributed by atoms with Crippen LogP contribution in [0.25, 0.3) is 0 Å². The van der Waals surface area contributed by atoms with E-state index in [1.807, 2.05) is 11.3 Å². The van der Waals surface area contributed by atoms with E-state index in [0.29, 0.717) is 12.0 Å². The van der Waals surface area contributed by atoms with Crippen molar-refractivity contribution in [3.05, 3.63) is 21.9 Å². The maximum Gasteiger partial charge on any atom is 0.0279 e. The van der Waals surface area contributed by atoms with Crippen molar-refractivity contribution < 1.29 is 0 Å². The number of hydrogen-bond acceptors (Lipinski definition) is 3. The number of unbranched alkanes of at least 4 members (excludes halogenated alkanes) is 1. The van der Waals surface area contributed by atoms with Gasteiger partial charge >= 0.3 is 0 Å². The monoisotopic (exact) mass is 248 g/mol. The molecule has 0 amide bonds. The minimum atomic E-state index is 0.372. The summed E-state index contributed by atoms with van der Waals surface area (Å²) in [6.45, 7) is 0. The van der Waals surface area contributed by atoms with Gasteiger partial charge in [0.25, 0.3) is 0 Å². The van der Waals surface area contributed by atoms with Gasteiger partial charge in [0.1, 0.15) is 0 Å². The topological polar surface area (TPSA) is 38.0 Å². The van der Waals surface area contributed by atoms with Crippen LogP contribution < -0.4 is 11.3 Å². The Morgan fingerprint density at radius 3 is 3.29 bits per heavy atom. The molecule has 17 heavy (non-hydrogen) atoms. The van der Waals surface area contributed by atoms with Gasteiger partial charge in [-0.2, -0.15) is 0 Å². The van der Waals surface area contributed by atoms with Crippen molar-refractivity contribution in [1.29, 1.82) is 0 Å². The zero-order valence-electron chi connectivity index (χ0n) is 10.1. The first-order chi connectivity index (χ1) is 8.36. The number of nitrogens with one attached hydrogen (secondary N) is 1. The zero-order valence-corrected chi connectivity index (χ0v) is 10.9. The maximum atomic E-state index is 5.71. The van der Waals surface area contributed by atoms with E-state index < -0.39 is 0 Å². The Bertz CT molecular complexity index is 391. The lowest BCUT2D eigenvalue weighted by Gasteiger charge is -2.30. The van der Waals surface area contributed by atoms with E-state index in [2.05, 4.69) is 22.8 Å². The van der Waals surface area contributed by atoms with E-state index in [9.17, 15) is 0 Å². The van der Waals surface area contributed by atoms with Gasteiger partial charge in [0.15, 0.2) is 0 Å². The molecule has 0 spiro atoms. The molecule has 1 aliphatic carbocycles. The predicted octanol–water partition coefficient (Wildman–Crippen LogP) is 2.80. The van der Waals surface area contributed by atoms with Gasteiger partial charge in [0.05, 0.1) is 0 Å². The molecule has 1 aliphatic rings. The molecule has 2 unspecified atom stereocenters. The van der Waals surface area contributed by atoms with Crippen molar-refractivity contribution >= 4 is 11.3 Å². The Labute approximate surface area is 108 Å². The summed E-state index contributed by atoms with van der Waals surface area (Å²) >= 11 is 1.88. The van der Waals surface area contributed by atoms with Crippen molar-refractivity contribution in [3.63, 3.8) is 0 Å². The molecular formula is C14H20N2S. The van der Waals surface area contributed by atoms with Crippen molar-refractivity contribution in [2.24, 2.45) is 5.84 Å². The summed E-state index contributed by atoms with van der Waals surface area (Å²) in [5, 5.41) is 2.21. The van der Waals surface area contributed by atoms with Gasteiger partial charge in [-0.25, -0.2) is 0 Å². The van der Waals surface area contributed by atoms with Crippen LogP contribution in [0.5, 0.6) is 0 Å². The summed E-state index contributed by atoms with van der Waals surface area (Å²) in [4.78, 5) is 1.55. The summed E-state index contributed by atoms with van der Waals surface area (Å²) < 4.78 is 0. The highest BCUT2D eigenvalue weighted by Gasteiger charge is 2.27. The number of aryl methyl sites for hydroxylation is 1. The molecule has 1 aromatic heterocycles. The number of terminal acetylenes is 1. The van der Waals surface area contributed by atoms with E-state index in [4.69, 9.17) is 12.3 Å². The van der Waals surface area contributed by atoms with Crippen molar-refractivity contribution in [1.82, 2.24) is 5.43 Å². The van der Waals surface area contributed by atoms with E-state index >= 15 is 0 Å². The second-order valence-electron chi connectivity index (χ2n) is 4.67. The molecule has 2 atom stereocenters. The quantitative estimate of drug-likeness (QED) is 0.364. The average Bonchev–Trinajstić information content (AvgIpc) is 2.83. The second kappa shape index (κ2) is 6.20. The fraction of sp³-hybridized carbons (Fsp3) is 0.571. The smallest absolute Gasteiger partial charge is 0.0279 e. The fourth-order valence-electron chi connectivity index (χ4n) is 2.76. The minimum absolute atomic E-state index is 0.372. The lowest BCUT2D eigenvalue weighted by Crippen LogP contribution is -2.40. The Morgan fingerprint density at radius 1 is 1.65 bits per heavy atom. The molecule has 3 N–H and O–H groups in total. The molecule has 1 aromatic rings. The van der Waals surface area contributed by atoms with Gasteiger partial charge in [-0.3, -0.25) is 11.3 Å². The standard InChI is InChI=1S/C14H20N2S/c1-2-3-4-7-13(16-15)11-6-5-8-14-12(11)9-10-17-14/h1,9-11,13,16H,3-8,15H2. The molecule has 0 radical (unpaired) electrons. The maximum absolute atomic E-state index is 5.71. The SMILES string of the molecule is C#CCCCC(NN)C1CCCc2sccc21. The van der Waals surface area contributed by atoms with Crippen LogP contribution in [0.15, 0.2) is 11.4 Å². The van der Waals surface area contributed by atoms with Crippen LogP contribution in [0.2, 0.25) is 0 Å². The van der Waals surface area contributed by atoms with E-state index in [0.717, 1.165) is 19.3 Å². The van der Waals surface area contributed by atoms with E-state index in [1.165, 1.54) is 24.8 Å². The van der Waals surface area contributed by atoms with Crippen LogP contribution in [0.3, 0.4) is 0 Å². The van der Waals surface area contributed by atoms with Gasteiger partial charge in [-0.15, -0.1) is 23.7 Å². The third kappa shape index (κ3) is 2.90. The molecule has 2 rings (SSSR count). The number of thiophene rings is 1. The molecule has 0 saturated carbocycles. The predicted molar refractivity (Wildman–Crippen MR) is 73.8 cm³/mol. The normalized spacial score (nSPS) is 20.6. The van der Waals surface area contributed by atoms with E-state index in [1.54, 1.807) is 4.88 Å². The molecule has 1 heterocycles. The molecule has 0 aliphatic heterocycles. The minimum Gasteiger partial charge on any atom is -0.271 e. The van der Waals surface area contributed by atoms with E-state index in [-0.39, 0.29) is 0 Å². The molecule has 92 valence electrons. The Balaban J connectivity index is 2.04. The average molecular weight is 248 g/mol. The van der Waals surface area contributed by atoms with Crippen molar-refractivity contribution in [2.45, 2.75) is 50.5 Å². The molecule has 0 fully saturated rings. The molecule has 0 bridgehead atoms. The van der Waals surface area contributed by atoms with Crippen LogP contribution in [0.1, 0.15) is 48.5 Å². The highest BCUT2D eigenvalue weighted by atomic mass is 32.1. The lowest BCUT2D eigenvalue weighted by atomic mass is 9.81. The summed E-state index contributed by atoms with van der Waals surface area (Å²) in [6.07, 6.45) is 12.0. The second-order valence-corrected chi connectivity index (χ2v) is 5.67. The van der Waals surface area contributed by atoms with Crippen molar-refractivity contribution in [3.8, 4) is 12.3 Å². The molecule has 0 aromatic carbocycles. The van der Waals surface area contributed by atoms with Gasteiger partial charge < -0.3 is 0 Å². The number of nitrogens with two attached hydrogens (primary N) is 1. The van der Waals surface area contributed by atoms with Crippen LogP contribution in [0, 0.1) is 12.3 Å². The van der Waals surface area contributed by atoms with Crippen LogP contribution in [-0.4, -0.2) is 6.04 Å². The Kier molecular flexibility index (Phi) is 4.61. The Hall–Kier alpha value is -0.820. The first-order valence-electron chi connectivity index (χ1n) is 6.32. The summed E-state index contributed by atoms with van der Waals surface area (Å²) in [5.74, 6) is 8.99. The molecule has 2 nitrogen and oxygen atoms in total. The summed E-state index contributed by atoms with van der Waals surface area (Å²) in [6, 6.07) is 2.65. The lowest BCUT2D eigenvalue weighted by molar-refractivity contribution is 0.374. The largest absolute Gasteiger partial charge is 0.271 e. The van der Waals surface area contributed by atoms with Gasteiger partial charge in [0, 0.05) is 23.3 Å². The first-order valence-corrected chi connectivity index (χ1v) is 7.20. The van der Waals surface area contributed by atoms with Gasteiger partial charge in [-0.05, 0) is 49.1 Å². The number of fused-ring (bicyclic) bond motifs is 1.